The van der Waals surface area contributed by atoms with Gasteiger partial charge in [-0.1, -0.05) is 23.7 Å². The summed E-state index contributed by atoms with van der Waals surface area (Å²) in [6.07, 6.45) is 0. The molecule has 2 nitrogen and oxygen atoms in total. The third-order valence-corrected chi connectivity index (χ3v) is 5.67. The van der Waals surface area contributed by atoms with Gasteiger partial charge in [-0.2, -0.15) is 0 Å². The zero-order valence-corrected chi connectivity index (χ0v) is 13.9. The molecule has 18 heavy (non-hydrogen) atoms. The van der Waals surface area contributed by atoms with Gasteiger partial charge in [0.2, 0.25) is 0 Å². The molecular formula is C12H10Br2ClNOS. The molecule has 0 aliphatic rings. The molecule has 0 amide bonds. The van der Waals surface area contributed by atoms with E-state index in [0.29, 0.717) is 4.34 Å². The molecule has 1 atom stereocenters. The minimum Gasteiger partial charge on any atom is -0.394 e. The summed E-state index contributed by atoms with van der Waals surface area (Å²) < 4.78 is 2.51. The lowest BCUT2D eigenvalue weighted by atomic mass is 10.2. The Morgan fingerprint density at radius 3 is 2.56 bits per heavy atom. The number of benzene rings is 1. The van der Waals surface area contributed by atoms with Gasteiger partial charge < -0.3 is 10.4 Å². The average molecular weight is 412 g/mol. The molecule has 1 aromatic heterocycles. The molecule has 96 valence electrons. The quantitative estimate of drug-likeness (QED) is 0.736. The standard InChI is InChI=1S/C12H10Br2ClNOS/c13-7-3-1-2-4-9(7)16-10(6-17)11-5-8(14)12(15)18-11/h1-5,10,16-17H,6H2. The zero-order valence-electron chi connectivity index (χ0n) is 9.16. The van der Waals surface area contributed by atoms with Crippen LogP contribution >= 0.6 is 54.8 Å². The minimum atomic E-state index is -0.169. The molecule has 1 aromatic carbocycles. The number of aliphatic hydroxyl groups is 1. The molecule has 0 aliphatic heterocycles. The summed E-state index contributed by atoms with van der Waals surface area (Å²) in [6.45, 7) is 0.00458. The molecule has 0 aliphatic carbocycles. The molecule has 0 saturated carbocycles. The van der Waals surface area contributed by atoms with Crippen molar-refractivity contribution in [1.82, 2.24) is 0 Å². The van der Waals surface area contributed by atoms with E-state index in [1.807, 2.05) is 30.3 Å². The van der Waals surface area contributed by atoms with E-state index in [1.54, 1.807) is 0 Å². The van der Waals surface area contributed by atoms with Gasteiger partial charge in [0.25, 0.3) is 0 Å². The molecule has 0 radical (unpaired) electrons. The van der Waals surface area contributed by atoms with Crippen molar-refractivity contribution in [1.29, 1.82) is 0 Å². The Bertz CT molecular complexity index is 527. The number of halogens is 3. The highest BCUT2D eigenvalue weighted by molar-refractivity contribution is 9.11. The van der Waals surface area contributed by atoms with Crippen LogP contribution in [0.2, 0.25) is 4.34 Å². The number of thiophene rings is 1. The molecule has 0 fully saturated rings. The third-order valence-electron chi connectivity index (χ3n) is 2.39. The van der Waals surface area contributed by atoms with Crippen molar-refractivity contribution in [3.8, 4) is 0 Å². The van der Waals surface area contributed by atoms with Crippen LogP contribution in [-0.4, -0.2) is 11.7 Å². The van der Waals surface area contributed by atoms with Gasteiger partial charge in [-0.15, -0.1) is 11.3 Å². The van der Waals surface area contributed by atoms with Gasteiger partial charge in [-0.3, -0.25) is 0 Å². The fourth-order valence-electron chi connectivity index (χ4n) is 1.51. The Balaban J connectivity index is 2.22. The molecule has 2 N–H and O–H groups in total. The van der Waals surface area contributed by atoms with Gasteiger partial charge >= 0.3 is 0 Å². The maximum atomic E-state index is 9.50. The summed E-state index contributed by atoms with van der Waals surface area (Å²) in [5, 5.41) is 12.8. The minimum absolute atomic E-state index is 0.00458. The predicted octanol–water partition coefficient (Wildman–Crippen LogP) is 5.07. The Morgan fingerprint density at radius 1 is 1.28 bits per heavy atom. The second kappa shape index (κ2) is 6.39. The van der Waals surface area contributed by atoms with Gasteiger partial charge in [0.1, 0.15) is 4.34 Å². The van der Waals surface area contributed by atoms with Crippen LogP contribution < -0.4 is 5.32 Å². The Labute approximate surface area is 131 Å². The van der Waals surface area contributed by atoms with E-state index >= 15 is 0 Å². The van der Waals surface area contributed by atoms with Crippen molar-refractivity contribution in [3.63, 3.8) is 0 Å². The lowest BCUT2D eigenvalue weighted by Gasteiger charge is -2.17. The van der Waals surface area contributed by atoms with Gasteiger partial charge in [0.15, 0.2) is 0 Å². The van der Waals surface area contributed by atoms with Crippen molar-refractivity contribution in [2.45, 2.75) is 6.04 Å². The maximum absolute atomic E-state index is 9.50. The SMILES string of the molecule is OCC(Nc1ccccc1Br)c1cc(Br)c(Cl)s1. The topological polar surface area (TPSA) is 32.3 Å². The summed E-state index contributed by atoms with van der Waals surface area (Å²) >= 11 is 14.3. The Morgan fingerprint density at radius 2 is 2.00 bits per heavy atom. The van der Waals surface area contributed by atoms with Crippen LogP contribution in [0.3, 0.4) is 0 Å². The number of anilines is 1. The van der Waals surface area contributed by atoms with Crippen LogP contribution in [0.1, 0.15) is 10.9 Å². The fraction of sp³-hybridized carbons (Fsp3) is 0.167. The largest absolute Gasteiger partial charge is 0.394 e. The molecule has 0 bridgehead atoms. The average Bonchev–Trinajstić information content (AvgIpc) is 2.68. The van der Waals surface area contributed by atoms with Gasteiger partial charge in [0.05, 0.1) is 12.6 Å². The number of para-hydroxylation sites is 1. The summed E-state index contributed by atoms with van der Waals surface area (Å²) in [5.74, 6) is 0. The molecule has 0 spiro atoms. The Hall–Kier alpha value is -0.0700. The van der Waals surface area contributed by atoms with Crippen LogP contribution in [0.4, 0.5) is 5.69 Å². The van der Waals surface area contributed by atoms with E-state index in [-0.39, 0.29) is 12.6 Å². The van der Waals surface area contributed by atoms with E-state index < -0.39 is 0 Å². The molecular weight excluding hydrogens is 401 g/mol. The number of hydrogen-bond donors (Lipinski definition) is 2. The first-order valence-electron chi connectivity index (χ1n) is 5.18. The highest BCUT2D eigenvalue weighted by Gasteiger charge is 2.16. The normalized spacial score (nSPS) is 12.4. The predicted molar refractivity (Wildman–Crippen MR) is 84.6 cm³/mol. The lowest BCUT2D eigenvalue weighted by Crippen LogP contribution is -2.13. The third kappa shape index (κ3) is 3.27. The molecule has 1 unspecified atom stereocenters. The van der Waals surface area contributed by atoms with Gasteiger partial charge in [-0.25, -0.2) is 0 Å². The van der Waals surface area contributed by atoms with Crippen LogP contribution in [0.15, 0.2) is 39.3 Å². The van der Waals surface area contributed by atoms with Crippen molar-refractivity contribution in [2.24, 2.45) is 0 Å². The van der Waals surface area contributed by atoms with E-state index in [9.17, 15) is 5.11 Å². The van der Waals surface area contributed by atoms with E-state index in [2.05, 4.69) is 37.2 Å². The van der Waals surface area contributed by atoms with Crippen molar-refractivity contribution < 1.29 is 5.11 Å². The Kier molecular flexibility index (Phi) is 5.09. The van der Waals surface area contributed by atoms with Crippen LogP contribution in [0.5, 0.6) is 0 Å². The smallest absolute Gasteiger partial charge is 0.107 e. The van der Waals surface area contributed by atoms with Gasteiger partial charge in [0, 0.05) is 19.5 Å². The van der Waals surface area contributed by atoms with Crippen molar-refractivity contribution in [3.05, 3.63) is 48.5 Å². The first-order valence-corrected chi connectivity index (χ1v) is 7.96. The van der Waals surface area contributed by atoms with Crippen LogP contribution in [-0.2, 0) is 0 Å². The van der Waals surface area contributed by atoms with Gasteiger partial charge in [-0.05, 0) is 50.1 Å². The highest BCUT2D eigenvalue weighted by atomic mass is 79.9. The highest BCUT2D eigenvalue weighted by Crippen LogP contribution is 2.36. The second-order valence-corrected chi connectivity index (χ2v) is 7.02. The number of rotatable bonds is 4. The molecule has 0 saturated heterocycles. The summed E-state index contributed by atoms with van der Waals surface area (Å²) in [4.78, 5) is 0.991. The van der Waals surface area contributed by atoms with Crippen molar-refractivity contribution in [2.75, 3.05) is 11.9 Å². The number of aliphatic hydroxyl groups excluding tert-OH is 1. The first kappa shape index (κ1) is 14.3. The number of nitrogens with one attached hydrogen (secondary N) is 1. The lowest BCUT2D eigenvalue weighted by molar-refractivity contribution is 0.277. The summed E-state index contributed by atoms with van der Waals surface area (Å²) in [6, 6.07) is 9.56. The maximum Gasteiger partial charge on any atom is 0.107 e. The molecule has 2 rings (SSSR count). The monoisotopic (exact) mass is 409 g/mol. The summed E-state index contributed by atoms with van der Waals surface area (Å²) in [5.41, 5.74) is 0.942. The number of hydrogen-bond acceptors (Lipinski definition) is 3. The summed E-state index contributed by atoms with van der Waals surface area (Å²) in [7, 11) is 0. The van der Waals surface area contributed by atoms with E-state index in [4.69, 9.17) is 11.6 Å². The van der Waals surface area contributed by atoms with Crippen LogP contribution in [0.25, 0.3) is 0 Å². The van der Waals surface area contributed by atoms with Crippen LogP contribution in [0, 0.1) is 0 Å². The first-order chi connectivity index (χ1) is 8.61. The second-order valence-electron chi connectivity index (χ2n) is 3.63. The van der Waals surface area contributed by atoms with Crippen molar-refractivity contribution >= 4 is 60.5 Å². The molecule has 1 heterocycles. The zero-order chi connectivity index (χ0) is 13.1. The van der Waals surface area contributed by atoms with E-state index in [1.165, 1.54) is 11.3 Å². The fourth-order valence-corrected chi connectivity index (χ4v) is 3.69. The molecule has 6 heteroatoms. The van der Waals surface area contributed by atoms with E-state index in [0.717, 1.165) is 19.5 Å². The molecule has 2 aromatic rings.